The lowest BCUT2D eigenvalue weighted by molar-refractivity contribution is -0.150. The number of hydrogen-bond acceptors (Lipinski definition) is 2. The number of hydrazine groups is 1. The molecule has 0 aromatic carbocycles. The number of rotatable bonds is 0. The van der Waals surface area contributed by atoms with Gasteiger partial charge in [0.05, 0.1) is 0 Å². The Morgan fingerprint density at radius 3 is 1.42 bits per heavy atom. The molecule has 4 heteroatoms. The van der Waals surface area contributed by atoms with Crippen molar-refractivity contribution in [1.82, 2.24) is 10.0 Å². The number of carbonyl (C=O) groups excluding carboxylic acids is 2. The highest BCUT2D eigenvalue weighted by molar-refractivity contribution is 5.97. The van der Waals surface area contributed by atoms with Crippen molar-refractivity contribution in [2.45, 2.75) is 0 Å². The van der Waals surface area contributed by atoms with Crippen molar-refractivity contribution in [1.29, 1.82) is 0 Å². The summed E-state index contributed by atoms with van der Waals surface area (Å²) in [6.07, 6.45) is 9.64. The second kappa shape index (κ2) is 4.05. The van der Waals surface area contributed by atoms with Crippen molar-refractivity contribution in [3.8, 4) is 24.7 Å². The molecule has 62 valence electrons. The van der Waals surface area contributed by atoms with E-state index in [-0.39, 0.29) is 0 Å². The first-order valence-corrected chi connectivity index (χ1v) is 3.03. The molecule has 0 aromatic heterocycles. The number of nitrogens with zero attached hydrogens (tertiary/aromatic N) is 2. The zero-order valence-electron chi connectivity index (χ0n) is 6.87. The van der Waals surface area contributed by atoms with Gasteiger partial charge in [0.1, 0.15) is 0 Å². The summed E-state index contributed by atoms with van der Waals surface area (Å²) in [6.45, 7) is 0. The van der Waals surface area contributed by atoms with Gasteiger partial charge in [-0.2, -0.15) is 0 Å². The van der Waals surface area contributed by atoms with Crippen LogP contribution >= 0.6 is 0 Å². The van der Waals surface area contributed by atoms with E-state index in [9.17, 15) is 9.59 Å². The zero-order chi connectivity index (χ0) is 9.72. The van der Waals surface area contributed by atoms with E-state index in [1.807, 2.05) is 11.8 Å². The molecular weight excluding hydrogens is 156 g/mol. The molecule has 0 saturated heterocycles. The largest absolute Gasteiger partial charge is 0.316 e. The van der Waals surface area contributed by atoms with E-state index >= 15 is 0 Å². The number of carbonyl (C=O) groups is 2. The zero-order valence-corrected chi connectivity index (χ0v) is 6.87. The molecule has 12 heavy (non-hydrogen) atoms. The predicted molar refractivity (Wildman–Crippen MR) is 43.2 cm³/mol. The second-order valence-corrected chi connectivity index (χ2v) is 1.95. The van der Waals surface area contributed by atoms with E-state index in [0.29, 0.717) is 0 Å². The van der Waals surface area contributed by atoms with Crippen molar-refractivity contribution in [3.05, 3.63) is 0 Å². The molecule has 0 saturated carbocycles. The Balaban J connectivity index is 4.44. The van der Waals surface area contributed by atoms with Crippen LogP contribution in [0.3, 0.4) is 0 Å². The molecule has 0 aliphatic heterocycles. The van der Waals surface area contributed by atoms with Crippen molar-refractivity contribution >= 4 is 11.8 Å². The molecule has 0 rings (SSSR count). The molecule has 2 amide bonds. The van der Waals surface area contributed by atoms with Crippen LogP contribution in [0.25, 0.3) is 0 Å². The molecule has 0 aliphatic carbocycles. The highest BCUT2D eigenvalue weighted by Crippen LogP contribution is 1.90. The predicted octanol–water partition coefficient (Wildman–Crippen LogP) is -0.915. The van der Waals surface area contributed by atoms with Gasteiger partial charge in [0.2, 0.25) is 0 Å². The maximum Gasteiger partial charge on any atom is 0.316 e. The van der Waals surface area contributed by atoms with Crippen LogP contribution in [-0.4, -0.2) is 35.9 Å². The minimum Gasteiger partial charge on any atom is -0.257 e. The maximum atomic E-state index is 10.8. The maximum absolute atomic E-state index is 10.8. The van der Waals surface area contributed by atoms with Crippen LogP contribution in [0.1, 0.15) is 0 Å². The standard InChI is InChI=1S/C8H8N2O2/c1-5-7(11)9(3)10(4)8(12)6-2/h1-2H,3-4H3. The first-order valence-electron chi connectivity index (χ1n) is 3.03. The highest BCUT2D eigenvalue weighted by Gasteiger charge is 2.14. The summed E-state index contributed by atoms with van der Waals surface area (Å²) in [5.74, 6) is 2.45. The molecule has 0 heterocycles. The van der Waals surface area contributed by atoms with E-state index in [1.165, 1.54) is 14.1 Å². The summed E-state index contributed by atoms with van der Waals surface area (Å²) in [4.78, 5) is 21.6. The number of hydrogen-bond donors (Lipinski definition) is 0. The van der Waals surface area contributed by atoms with Crippen molar-refractivity contribution in [3.63, 3.8) is 0 Å². The van der Waals surface area contributed by atoms with Gasteiger partial charge in [0.15, 0.2) is 0 Å². The van der Waals surface area contributed by atoms with Gasteiger partial charge >= 0.3 is 11.8 Å². The smallest absolute Gasteiger partial charge is 0.257 e. The van der Waals surface area contributed by atoms with E-state index in [0.717, 1.165) is 10.0 Å². The average molecular weight is 164 g/mol. The molecule has 0 atom stereocenters. The molecule has 0 radical (unpaired) electrons. The monoisotopic (exact) mass is 164 g/mol. The Labute approximate surface area is 71.1 Å². The summed E-state index contributed by atoms with van der Waals surface area (Å²) in [5, 5.41) is 1.92. The third kappa shape index (κ3) is 2.03. The van der Waals surface area contributed by atoms with Crippen LogP contribution in [0.15, 0.2) is 0 Å². The molecule has 0 spiro atoms. The van der Waals surface area contributed by atoms with Crippen LogP contribution < -0.4 is 0 Å². The molecule has 0 N–H and O–H groups in total. The van der Waals surface area contributed by atoms with E-state index < -0.39 is 11.8 Å². The quantitative estimate of drug-likeness (QED) is 0.343. The lowest BCUT2D eigenvalue weighted by Gasteiger charge is -2.23. The molecule has 4 nitrogen and oxygen atoms in total. The Morgan fingerprint density at radius 1 is 1.00 bits per heavy atom. The molecule has 0 unspecified atom stereocenters. The molecule has 0 aliphatic rings. The van der Waals surface area contributed by atoms with Crippen molar-refractivity contribution < 1.29 is 9.59 Å². The topological polar surface area (TPSA) is 40.6 Å². The fraction of sp³-hybridized carbons (Fsp3) is 0.250. The average Bonchev–Trinajstić information content (AvgIpc) is 2.12. The van der Waals surface area contributed by atoms with Crippen molar-refractivity contribution in [2.75, 3.05) is 14.1 Å². The Bertz CT molecular complexity index is 252. The lowest BCUT2D eigenvalue weighted by Crippen LogP contribution is -2.43. The molecule has 0 aromatic rings. The van der Waals surface area contributed by atoms with Crippen LogP contribution in [-0.2, 0) is 9.59 Å². The van der Waals surface area contributed by atoms with Gasteiger partial charge in [-0.1, -0.05) is 0 Å². The third-order valence-corrected chi connectivity index (χ3v) is 1.28. The summed E-state index contributed by atoms with van der Waals surface area (Å²) in [5.41, 5.74) is 0. The van der Waals surface area contributed by atoms with Gasteiger partial charge in [-0.15, -0.1) is 12.8 Å². The summed E-state index contributed by atoms with van der Waals surface area (Å²) in [6, 6.07) is 0. The van der Waals surface area contributed by atoms with Crippen LogP contribution in [0.5, 0.6) is 0 Å². The van der Waals surface area contributed by atoms with Gasteiger partial charge in [0, 0.05) is 14.1 Å². The molecule has 0 bridgehead atoms. The van der Waals surface area contributed by atoms with Gasteiger partial charge in [-0.25, -0.2) is 10.0 Å². The third-order valence-electron chi connectivity index (χ3n) is 1.28. The van der Waals surface area contributed by atoms with Crippen LogP contribution in [0.2, 0.25) is 0 Å². The second-order valence-electron chi connectivity index (χ2n) is 1.95. The Kier molecular flexibility index (Phi) is 3.39. The first kappa shape index (κ1) is 10.1. The minimum absolute atomic E-state index is 0.624. The van der Waals surface area contributed by atoms with E-state index in [1.54, 1.807) is 0 Å². The normalized spacial score (nSPS) is 7.67. The molecular formula is C8H8N2O2. The minimum atomic E-state index is -0.624. The van der Waals surface area contributed by atoms with E-state index in [2.05, 4.69) is 0 Å². The highest BCUT2D eigenvalue weighted by atomic mass is 16.2. The van der Waals surface area contributed by atoms with Gasteiger partial charge < -0.3 is 0 Å². The van der Waals surface area contributed by atoms with Gasteiger partial charge in [0.25, 0.3) is 0 Å². The first-order chi connectivity index (χ1) is 5.54. The lowest BCUT2D eigenvalue weighted by atomic mass is 10.5. The summed E-state index contributed by atoms with van der Waals surface area (Å²) < 4.78 is 0. The summed E-state index contributed by atoms with van der Waals surface area (Å²) >= 11 is 0. The number of amides is 2. The van der Waals surface area contributed by atoms with Gasteiger partial charge in [-0.3, -0.25) is 9.59 Å². The Hall–Kier alpha value is -1.94. The SMILES string of the molecule is C#CC(=O)N(C)N(C)C(=O)C#C. The summed E-state index contributed by atoms with van der Waals surface area (Å²) in [7, 11) is 2.72. The van der Waals surface area contributed by atoms with Gasteiger partial charge in [-0.05, 0) is 11.8 Å². The van der Waals surface area contributed by atoms with E-state index in [4.69, 9.17) is 12.8 Å². The number of terminal acetylenes is 2. The fourth-order valence-electron chi connectivity index (χ4n) is 0.459. The van der Waals surface area contributed by atoms with Crippen LogP contribution in [0, 0.1) is 24.7 Å². The van der Waals surface area contributed by atoms with Crippen molar-refractivity contribution in [2.24, 2.45) is 0 Å². The Morgan fingerprint density at radius 2 is 1.25 bits per heavy atom. The fourth-order valence-corrected chi connectivity index (χ4v) is 0.459. The molecule has 0 fully saturated rings. The van der Waals surface area contributed by atoms with Crippen LogP contribution in [0.4, 0.5) is 0 Å².